The van der Waals surface area contributed by atoms with Crippen LogP contribution in [0.25, 0.3) is 16.6 Å². The average Bonchev–Trinajstić information content (AvgIpc) is 3.48. The number of carbonyl (C=O) groups excluding carboxylic acids is 2. The van der Waals surface area contributed by atoms with Crippen molar-refractivity contribution < 1.29 is 9.59 Å². The van der Waals surface area contributed by atoms with E-state index in [-0.39, 0.29) is 29.3 Å². The third kappa shape index (κ3) is 2.98. The second-order valence-electron chi connectivity index (χ2n) is 10.8. The molecular formula is C30H25BrN4O3. The van der Waals surface area contributed by atoms with Crippen LogP contribution in [0.4, 0.5) is 5.69 Å². The normalized spacial score (nSPS) is 25.5. The van der Waals surface area contributed by atoms with Gasteiger partial charge in [-0.05, 0) is 54.8 Å². The molecule has 1 aromatic heterocycles. The molecule has 1 spiro atoms. The average molecular weight is 569 g/mol. The van der Waals surface area contributed by atoms with E-state index in [1.54, 1.807) is 22.8 Å². The first-order valence-electron chi connectivity index (χ1n) is 12.9. The lowest BCUT2D eigenvalue weighted by molar-refractivity contribution is -0.123. The zero-order valence-corrected chi connectivity index (χ0v) is 22.5. The van der Waals surface area contributed by atoms with Gasteiger partial charge in [-0.15, -0.1) is 0 Å². The first-order chi connectivity index (χ1) is 18.3. The summed E-state index contributed by atoms with van der Waals surface area (Å²) in [6.07, 6.45) is 0.704. The minimum Gasteiger partial charge on any atom is -0.297 e. The number of nitrogens with one attached hydrogen (secondary N) is 1. The van der Waals surface area contributed by atoms with Crippen molar-refractivity contribution in [2.75, 3.05) is 4.90 Å². The molecule has 2 saturated heterocycles. The van der Waals surface area contributed by atoms with Gasteiger partial charge in [0.25, 0.3) is 5.56 Å². The molecule has 38 heavy (non-hydrogen) atoms. The second-order valence-corrected chi connectivity index (χ2v) is 11.7. The van der Waals surface area contributed by atoms with Crippen molar-refractivity contribution in [1.29, 1.82) is 0 Å². The minimum atomic E-state index is -1.11. The molecule has 0 unspecified atom stereocenters. The molecule has 7 nitrogen and oxygen atoms in total. The number of para-hydroxylation sites is 2. The number of benzene rings is 3. The molecule has 4 aromatic rings. The van der Waals surface area contributed by atoms with Gasteiger partial charge < -0.3 is 0 Å². The number of aromatic nitrogens is 2. The molecule has 3 aromatic carbocycles. The van der Waals surface area contributed by atoms with Crippen molar-refractivity contribution in [3.05, 3.63) is 99.0 Å². The number of rotatable bonds is 3. The Kier molecular flexibility index (Phi) is 5.06. The molecular weight excluding hydrogens is 544 g/mol. The lowest BCUT2D eigenvalue weighted by Crippen LogP contribution is -2.50. The summed E-state index contributed by atoms with van der Waals surface area (Å²) in [6, 6.07) is 21.9. The van der Waals surface area contributed by atoms with E-state index in [1.165, 1.54) is 4.90 Å². The van der Waals surface area contributed by atoms with E-state index in [0.29, 0.717) is 34.5 Å². The van der Waals surface area contributed by atoms with Crippen LogP contribution in [-0.2, 0) is 15.1 Å². The fourth-order valence-electron chi connectivity index (χ4n) is 6.77. The van der Waals surface area contributed by atoms with Crippen LogP contribution in [0, 0.1) is 17.8 Å². The van der Waals surface area contributed by atoms with E-state index in [2.05, 4.69) is 35.1 Å². The highest BCUT2D eigenvalue weighted by Gasteiger charge is 2.69. The minimum absolute atomic E-state index is 0.179. The Morgan fingerprint density at radius 1 is 0.947 bits per heavy atom. The van der Waals surface area contributed by atoms with Crippen LogP contribution in [0.3, 0.4) is 0 Å². The molecule has 3 aliphatic rings. The van der Waals surface area contributed by atoms with Gasteiger partial charge in [0, 0.05) is 16.1 Å². The number of imide groups is 1. The van der Waals surface area contributed by atoms with Crippen LogP contribution in [0.2, 0.25) is 0 Å². The third-order valence-electron chi connectivity index (χ3n) is 8.17. The lowest BCUT2D eigenvalue weighted by atomic mass is 9.75. The number of halogens is 1. The van der Waals surface area contributed by atoms with Crippen LogP contribution in [0.1, 0.15) is 31.7 Å². The Morgan fingerprint density at radius 3 is 2.42 bits per heavy atom. The van der Waals surface area contributed by atoms with Crippen LogP contribution in [-0.4, -0.2) is 27.4 Å². The van der Waals surface area contributed by atoms with Gasteiger partial charge in [-0.25, -0.2) is 9.88 Å². The lowest BCUT2D eigenvalue weighted by Gasteiger charge is -2.32. The van der Waals surface area contributed by atoms with Crippen molar-refractivity contribution in [2.45, 2.75) is 31.8 Å². The van der Waals surface area contributed by atoms with Gasteiger partial charge in [-0.1, -0.05) is 60.1 Å². The number of amides is 2. The SMILES string of the molecule is CC(C)C[C@H]1N[C@]2(c3ccccc3-n3c2nc2ccccc2c3=O)[C@H]2C(=O)N(c3ccc(Br)cc3)C(=O)[C@@H]12. The second kappa shape index (κ2) is 8.19. The predicted molar refractivity (Wildman–Crippen MR) is 148 cm³/mol. The first-order valence-corrected chi connectivity index (χ1v) is 13.7. The summed E-state index contributed by atoms with van der Waals surface area (Å²) in [5.74, 6) is -1.05. The van der Waals surface area contributed by atoms with Gasteiger partial charge in [0.05, 0.1) is 34.1 Å². The molecule has 8 heteroatoms. The first kappa shape index (κ1) is 23.5. The number of carbonyl (C=O) groups is 2. The van der Waals surface area contributed by atoms with Crippen LogP contribution >= 0.6 is 15.9 Å². The van der Waals surface area contributed by atoms with Crippen LogP contribution in [0.5, 0.6) is 0 Å². The van der Waals surface area contributed by atoms with Crippen molar-refractivity contribution in [3.63, 3.8) is 0 Å². The van der Waals surface area contributed by atoms with Gasteiger partial charge in [0.15, 0.2) is 0 Å². The molecule has 7 rings (SSSR count). The largest absolute Gasteiger partial charge is 0.297 e. The molecule has 0 radical (unpaired) electrons. The maximum Gasteiger partial charge on any atom is 0.266 e. The molecule has 190 valence electrons. The van der Waals surface area contributed by atoms with Gasteiger partial charge in [0.1, 0.15) is 11.4 Å². The van der Waals surface area contributed by atoms with E-state index in [9.17, 15) is 14.4 Å². The van der Waals surface area contributed by atoms with E-state index < -0.39 is 17.4 Å². The maximum atomic E-state index is 14.4. The Hall–Kier alpha value is -3.62. The van der Waals surface area contributed by atoms with Crippen molar-refractivity contribution in [2.24, 2.45) is 17.8 Å². The number of hydrogen-bond acceptors (Lipinski definition) is 5. The maximum absolute atomic E-state index is 14.4. The number of fused-ring (bicyclic) bond motifs is 8. The summed E-state index contributed by atoms with van der Waals surface area (Å²) >= 11 is 3.44. The smallest absolute Gasteiger partial charge is 0.266 e. The van der Waals surface area contributed by atoms with Crippen molar-refractivity contribution >= 4 is 44.3 Å². The zero-order chi connectivity index (χ0) is 26.3. The van der Waals surface area contributed by atoms with Gasteiger partial charge in [-0.3, -0.25) is 24.3 Å². The summed E-state index contributed by atoms with van der Waals surface area (Å²) in [6.45, 7) is 4.23. The molecule has 4 heterocycles. The molecule has 0 saturated carbocycles. The highest BCUT2D eigenvalue weighted by molar-refractivity contribution is 9.10. The molecule has 2 fully saturated rings. The molecule has 0 aliphatic carbocycles. The molecule has 4 atom stereocenters. The van der Waals surface area contributed by atoms with Crippen LogP contribution < -0.4 is 15.8 Å². The van der Waals surface area contributed by atoms with Crippen molar-refractivity contribution in [1.82, 2.24) is 14.9 Å². The highest BCUT2D eigenvalue weighted by Crippen LogP contribution is 2.56. The summed E-state index contributed by atoms with van der Waals surface area (Å²) in [7, 11) is 0. The van der Waals surface area contributed by atoms with Gasteiger partial charge >= 0.3 is 0 Å². The topological polar surface area (TPSA) is 84.3 Å². The molecule has 0 bridgehead atoms. The van der Waals surface area contributed by atoms with Crippen LogP contribution in [0.15, 0.2) is 82.1 Å². The van der Waals surface area contributed by atoms with Crippen molar-refractivity contribution in [3.8, 4) is 5.69 Å². The van der Waals surface area contributed by atoms with E-state index in [4.69, 9.17) is 4.98 Å². The Labute approximate surface area is 227 Å². The number of anilines is 1. The molecule has 3 aliphatic heterocycles. The van der Waals surface area contributed by atoms with E-state index in [0.717, 1.165) is 10.0 Å². The monoisotopic (exact) mass is 568 g/mol. The Balaban J connectivity index is 1.52. The summed E-state index contributed by atoms with van der Waals surface area (Å²) in [5, 5.41) is 4.26. The fraction of sp³-hybridized carbons (Fsp3) is 0.267. The fourth-order valence-corrected chi connectivity index (χ4v) is 7.04. The number of hydrogen-bond donors (Lipinski definition) is 1. The number of nitrogens with zero attached hydrogens (tertiary/aromatic N) is 3. The van der Waals surface area contributed by atoms with Gasteiger partial charge in [-0.2, -0.15) is 0 Å². The summed E-state index contributed by atoms with van der Waals surface area (Å²) in [4.78, 5) is 48.7. The van der Waals surface area contributed by atoms with E-state index >= 15 is 0 Å². The van der Waals surface area contributed by atoms with E-state index in [1.807, 2.05) is 54.6 Å². The molecule has 2 amide bonds. The summed E-state index contributed by atoms with van der Waals surface area (Å²) < 4.78 is 2.50. The zero-order valence-electron chi connectivity index (χ0n) is 20.9. The standard InChI is InChI=1S/C30H25BrN4O3/c1-16(2)15-22-24-25(28(38)34(27(24)37)18-13-11-17(31)12-14-18)30(33-22)20-8-4-6-10-23(20)35-26(36)19-7-3-5-9-21(19)32-29(30)35/h3-14,16,22,24-25,33H,15H2,1-2H3/t22-,24+,25-,30-/m1/s1. The van der Waals surface area contributed by atoms with Gasteiger partial charge in [0.2, 0.25) is 11.8 Å². The highest BCUT2D eigenvalue weighted by atomic mass is 79.9. The quantitative estimate of drug-likeness (QED) is 0.367. The predicted octanol–water partition coefficient (Wildman–Crippen LogP) is 4.53. The summed E-state index contributed by atoms with van der Waals surface area (Å²) in [5.41, 5.74) is 1.34. The molecule has 1 N–H and O–H groups in total. The Morgan fingerprint density at radius 2 is 1.66 bits per heavy atom. The third-order valence-corrected chi connectivity index (χ3v) is 8.70. The Bertz CT molecular complexity index is 1710.